The number of carbonyl (C=O) groups is 1. The highest BCUT2D eigenvalue weighted by Gasteiger charge is 2.33. The summed E-state index contributed by atoms with van der Waals surface area (Å²) in [7, 11) is 0. The van der Waals surface area contributed by atoms with Crippen molar-refractivity contribution in [2.45, 2.75) is 52.5 Å². The maximum absolute atomic E-state index is 11.7. The van der Waals surface area contributed by atoms with E-state index in [0.29, 0.717) is 6.61 Å². The van der Waals surface area contributed by atoms with E-state index in [-0.39, 0.29) is 23.3 Å². The normalized spacial score (nSPS) is 30.7. The average molecular weight is 213 g/mol. The summed E-state index contributed by atoms with van der Waals surface area (Å²) in [4.78, 5) is 11.7. The van der Waals surface area contributed by atoms with Crippen molar-refractivity contribution in [3.8, 4) is 0 Å². The zero-order valence-corrected chi connectivity index (χ0v) is 10.1. The van der Waals surface area contributed by atoms with Crippen molar-refractivity contribution in [1.29, 1.82) is 0 Å². The molecule has 1 fully saturated rings. The molecule has 2 atom stereocenters. The minimum absolute atomic E-state index is 0.0420. The van der Waals surface area contributed by atoms with Crippen LogP contribution in [0.4, 0.5) is 0 Å². The van der Waals surface area contributed by atoms with Gasteiger partial charge >= 0.3 is 5.97 Å². The van der Waals surface area contributed by atoms with E-state index >= 15 is 0 Å². The number of esters is 1. The fraction of sp³-hybridized carbons (Fsp3) is 0.917. The number of rotatable bonds is 2. The predicted molar refractivity (Wildman–Crippen MR) is 60.3 cm³/mol. The van der Waals surface area contributed by atoms with Gasteiger partial charge in [0.15, 0.2) is 0 Å². The van der Waals surface area contributed by atoms with Crippen LogP contribution in [0.2, 0.25) is 0 Å². The van der Waals surface area contributed by atoms with Gasteiger partial charge in [0, 0.05) is 6.04 Å². The van der Waals surface area contributed by atoms with Gasteiger partial charge in [-0.25, -0.2) is 0 Å². The molecule has 0 aliphatic heterocycles. The van der Waals surface area contributed by atoms with Crippen molar-refractivity contribution in [2.24, 2.45) is 17.1 Å². The number of nitrogens with two attached hydrogens (primary N) is 1. The van der Waals surface area contributed by atoms with Crippen LogP contribution in [0.15, 0.2) is 0 Å². The lowest BCUT2D eigenvalue weighted by atomic mass is 9.80. The molecular formula is C12H23NO2. The van der Waals surface area contributed by atoms with Gasteiger partial charge in [0.25, 0.3) is 0 Å². The minimum atomic E-state index is -0.0420. The molecule has 2 N–H and O–H groups in total. The Morgan fingerprint density at radius 1 is 1.40 bits per heavy atom. The van der Waals surface area contributed by atoms with E-state index in [1.54, 1.807) is 0 Å². The lowest BCUT2D eigenvalue weighted by Gasteiger charge is -2.26. The lowest BCUT2D eigenvalue weighted by Crippen LogP contribution is -2.26. The Morgan fingerprint density at radius 2 is 2.07 bits per heavy atom. The van der Waals surface area contributed by atoms with Gasteiger partial charge in [0.2, 0.25) is 0 Å². The van der Waals surface area contributed by atoms with Gasteiger partial charge in [-0.3, -0.25) is 4.79 Å². The van der Waals surface area contributed by atoms with Crippen molar-refractivity contribution >= 4 is 5.97 Å². The van der Waals surface area contributed by atoms with Crippen molar-refractivity contribution in [3.63, 3.8) is 0 Å². The number of hydrogen-bond donors (Lipinski definition) is 1. The SMILES string of the molecule is CCOC(=O)[C@@H]1CC[C@@H](N)CC(C)(C)C1. The second-order valence-corrected chi connectivity index (χ2v) is 5.36. The van der Waals surface area contributed by atoms with Gasteiger partial charge in [-0.2, -0.15) is 0 Å². The molecule has 3 heteroatoms. The van der Waals surface area contributed by atoms with Gasteiger partial charge in [0.05, 0.1) is 12.5 Å². The second-order valence-electron chi connectivity index (χ2n) is 5.36. The molecule has 3 nitrogen and oxygen atoms in total. The first-order valence-corrected chi connectivity index (χ1v) is 5.87. The molecule has 0 radical (unpaired) electrons. The molecule has 15 heavy (non-hydrogen) atoms. The van der Waals surface area contributed by atoms with Crippen molar-refractivity contribution < 1.29 is 9.53 Å². The zero-order valence-electron chi connectivity index (χ0n) is 10.1. The number of ether oxygens (including phenoxy) is 1. The Bertz CT molecular complexity index is 226. The Hall–Kier alpha value is -0.570. The van der Waals surface area contributed by atoms with Gasteiger partial charge in [0.1, 0.15) is 0 Å². The maximum atomic E-state index is 11.7. The van der Waals surface area contributed by atoms with Crippen LogP contribution in [0.1, 0.15) is 46.5 Å². The van der Waals surface area contributed by atoms with Gasteiger partial charge in [-0.1, -0.05) is 13.8 Å². The summed E-state index contributed by atoms with van der Waals surface area (Å²) in [6.07, 6.45) is 3.72. The summed E-state index contributed by atoms with van der Waals surface area (Å²) in [6, 6.07) is 0.236. The van der Waals surface area contributed by atoms with Crippen LogP contribution >= 0.6 is 0 Å². The van der Waals surface area contributed by atoms with Crippen LogP contribution in [0, 0.1) is 11.3 Å². The molecule has 0 saturated heterocycles. The first-order chi connectivity index (χ1) is 6.94. The molecule has 0 bridgehead atoms. The molecule has 0 heterocycles. The number of carbonyl (C=O) groups excluding carboxylic acids is 1. The summed E-state index contributed by atoms with van der Waals surface area (Å²) in [5.74, 6) is 0.00757. The van der Waals surface area contributed by atoms with Crippen LogP contribution in [0.5, 0.6) is 0 Å². The highest BCUT2D eigenvalue weighted by atomic mass is 16.5. The molecular weight excluding hydrogens is 190 g/mol. The summed E-state index contributed by atoms with van der Waals surface area (Å²) >= 11 is 0. The lowest BCUT2D eigenvalue weighted by molar-refractivity contribution is -0.149. The van der Waals surface area contributed by atoms with E-state index < -0.39 is 0 Å². The molecule has 0 aromatic carbocycles. The van der Waals surface area contributed by atoms with Gasteiger partial charge < -0.3 is 10.5 Å². The van der Waals surface area contributed by atoms with E-state index in [9.17, 15) is 4.79 Å². The maximum Gasteiger partial charge on any atom is 0.308 e. The average Bonchev–Trinajstić information content (AvgIpc) is 2.23. The fourth-order valence-corrected chi connectivity index (χ4v) is 2.54. The molecule has 0 spiro atoms. The van der Waals surface area contributed by atoms with E-state index in [0.717, 1.165) is 25.7 Å². The van der Waals surface area contributed by atoms with E-state index in [4.69, 9.17) is 10.5 Å². The Kier molecular flexibility index (Phi) is 4.14. The topological polar surface area (TPSA) is 52.3 Å². The summed E-state index contributed by atoms with van der Waals surface area (Å²) in [6.45, 7) is 6.70. The molecule has 1 aliphatic carbocycles. The predicted octanol–water partition coefficient (Wildman–Crippen LogP) is 2.09. The highest BCUT2D eigenvalue weighted by molar-refractivity contribution is 5.72. The van der Waals surface area contributed by atoms with E-state index in [1.165, 1.54) is 0 Å². The quantitative estimate of drug-likeness (QED) is 0.564. The summed E-state index contributed by atoms with van der Waals surface area (Å²) < 4.78 is 5.09. The molecule has 0 aromatic rings. The van der Waals surface area contributed by atoms with Gasteiger partial charge in [-0.05, 0) is 38.0 Å². The van der Waals surface area contributed by atoms with Crippen molar-refractivity contribution in [3.05, 3.63) is 0 Å². The molecule has 1 saturated carbocycles. The monoisotopic (exact) mass is 213 g/mol. The standard InChI is InChI=1S/C12H23NO2/c1-4-15-11(14)9-5-6-10(13)8-12(2,3)7-9/h9-10H,4-8,13H2,1-3H3/t9-,10-/m1/s1. The largest absolute Gasteiger partial charge is 0.466 e. The van der Waals surface area contributed by atoms with E-state index in [2.05, 4.69) is 13.8 Å². The number of hydrogen-bond acceptors (Lipinski definition) is 3. The fourth-order valence-electron chi connectivity index (χ4n) is 2.54. The van der Waals surface area contributed by atoms with Crippen LogP contribution in [0.3, 0.4) is 0 Å². The Morgan fingerprint density at radius 3 is 2.67 bits per heavy atom. The van der Waals surface area contributed by atoms with Crippen LogP contribution in [0.25, 0.3) is 0 Å². The van der Waals surface area contributed by atoms with Crippen LogP contribution in [-0.4, -0.2) is 18.6 Å². The molecule has 0 unspecified atom stereocenters. The zero-order chi connectivity index (χ0) is 11.5. The molecule has 1 aliphatic rings. The van der Waals surface area contributed by atoms with Crippen LogP contribution < -0.4 is 5.73 Å². The van der Waals surface area contributed by atoms with Crippen molar-refractivity contribution in [1.82, 2.24) is 0 Å². The van der Waals surface area contributed by atoms with Crippen LogP contribution in [-0.2, 0) is 9.53 Å². The van der Waals surface area contributed by atoms with Crippen molar-refractivity contribution in [2.75, 3.05) is 6.61 Å². The molecule has 0 aromatic heterocycles. The third-order valence-electron chi connectivity index (χ3n) is 3.12. The summed E-state index contributed by atoms with van der Waals surface area (Å²) in [5, 5.41) is 0. The highest BCUT2D eigenvalue weighted by Crippen LogP contribution is 2.37. The first-order valence-electron chi connectivity index (χ1n) is 5.87. The van der Waals surface area contributed by atoms with Gasteiger partial charge in [-0.15, -0.1) is 0 Å². The first kappa shape index (κ1) is 12.5. The smallest absolute Gasteiger partial charge is 0.308 e. The Balaban J connectivity index is 2.62. The Labute approximate surface area is 92.4 Å². The minimum Gasteiger partial charge on any atom is -0.466 e. The molecule has 0 amide bonds. The summed E-state index contributed by atoms with van der Waals surface area (Å²) in [5.41, 5.74) is 6.15. The third kappa shape index (κ3) is 3.82. The molecule has 88 valence electrons. The van der Waals surface area contributed by atoms with E-state index in [1.807, 2.05) is 6.92 Å². The third-order valence-corrected chi connectivity index (χ3v) is 3.12. The molecule has 1 rings (SSSR count). The second kappa shape index (κ2) is 4.97.